The van der Waals surface area contributed by atoms with Crippen molar-refractivity contribution in [3.63, 3.8) is 0 Å². The quantitative estimate of drug-likeness (QED) is 0.454. The minimum atomic E-state index is -0.497. The summed E-state index contributed by atoms with van der Waals surface area (Å²) < 4.78 is 5.14. The van der Waals surface area contributed by atoms with Crippen LogP contribution in [0.3, 0.4) is 0 Å². The predicted molar refractivity (Wildman–Crippen MR) is 126 cm³/mol. The van der Waals surface area contributed by atoms with Crippen LogP contribution < -0.4 is 0 Å². The summed E-state index contributed by atoms with van der Waals surface area (Å²) in [7, 11) is 0. The van der Waals surface area contributed by atoms with E-state index < -0.39 is 11.6 Å². The number of aliphatic hydroxyl groups is 1. The van der Waals surface area contributed by atoms with Crippen molar-refractivity contribution in [3.05, 3.63) is 132 Å². The van der Waals surface area contributed by atoms with Crippen molar-refractivity contribution in [1.82, 2.24) is 9.88 Å². The van der Waals surface area contributed by atoms with E-state index >= 15 is 0 Å². The van der Waals surface area contributed by atoms with Crippen LogP contribution in [-0.2, 0) is 5.54 Å². The van der Waals surface area contributed by atoms with Gasteiger partial charge in [0.25, 0.3) is 0 Å². The Hall–Kier alpha value is -3.47. The van der Waals surface area contributed by atoms with E-state index in [1.54, 1.807) is 6.26 Å². The lowest BCUT2D eigenvalue weighted by Gasteiger charge is -2.48. The van der Waals surface area contributed by atoms with Gasteiger partial charge in [-0.1, -0.05) is 91.0 Å². The summed E-state index contributed by atoms with van der Waals surface area (Å²) in [6.45, 7) is 1.38. The van der Waals surface area contributed by atoms with Crippen molar-refractivity contribution in [2.75, 3.05) is 13.1 Å². The predicted octanol–water partition coefficient (Wildman–Crippen LogP) is 5.12. The van der Waals surface area contributed by atoms with Gasteiger partial charge >= 0.3 is 0 Å². The highest BCUT2D eigenvalue weighted by Crippen LogP contribution is 2.44. The number of aromatic nitrogens is 1. The second kappa shape index (κ2) is 8.95. The van der Waals surface area contributed by atoms with E-state index in [0.29, 0.717) is 13.0 Å². The lowest BCUT2D eigenvalue weighted by Crippen LogP contribution is -2.52. The first-order chi connectivity index (χ1) is 15.8. The highest BCUT2D eigenvalue weighted by atomic mass is 16.3. The van der Waals surface area contributed by atoms with Crippen molar-refractivity contribution < 1.29 is 9.52 Å². The highest BCUT2D eigenvalue weighted by Gasteiger charge is 2.44. The van der Waals surface area contributed by atoms with Gasteiger partial charge in [0.15, 0.2) is 6.39 Å². The van der Waals surface area contributed by atoms with Crippen LogP contribution in [0, 0.1) is 0 Å². The minimum absolute atomic E-state index is 0.493. The van der Waals surface area contributed by atoms with Crippen LogP contribution in [-0.4, -0.2) is 34.2 Å². The summed E-state index contributed by atoms with van der Waals surface area (Å²) in [6, 6.07) is 32.0. The first kappa shape index (κ1) is 20.4. The van der Waals surface area contributed by atoms with E-state index in [9.17, 15) is 5.11 Å². The minimum Gasteiger partial charge on any atom is -0.451 e. The van der Waals surface area contributed by atoms with Gasteiger partial charge in [-0.05, 0) is 34.8 Å². The molecule has 1 aromatic heterocycles. The molecule has 0 amide bonds. The van der Waals surface area contributed by atoms with E-state index in [-0.39, 0.29) is 0 Å². The molecule has 3 aromatic carbocycles. The normalized spacial score (nSPS) is 18.7. The van der Waals surface area contributed by atoms with Crippen molar-refractivity contribution in [2.45, 2.75) is 18.1 Å². The zero-order chi connectivity index (χ0) is 21.8. The molecule has 1 atom stereocenters. The molecule has 1 aliphatic heterocycles. The standard InChI is InChI=1S/C28H26N2O2/c31-27-16-17-30(19-22(27)18-26-20-32-21-29-26)28(23-10-4-1-5-11-23,24-12-6-2-7-13-24)25-14-8-3-9-15-25/h1-15,18,20-21,27,31H,16-17,19H2. The number of nitrogens with zero attached hydrogens (tertiary/aromatic N) is 2. The monoisotopic (exact) mass is 422 g/mol. The van der Waals surface area contributed by atoms with Gasteiger partial charge in [0.2, 0.25) is 0 Å². The number of piperidine rings is 1. The summed E-state index contributed by atoms with van der Waals surface area (Å²) >= 11 is 0. The number of likely N-dealkylation sites (tertiary alicyclic amines) is 1. The molecule has 4 aromatic rings. The maximum absolute atomic E-state index is 10.8. The molecular weight excluding hydrogens is 396 g/mol. The van der Waals surface area contributed by atoms with E-state index in [1.807, 2.05) is 6.08 Å². The topological polar surface area (TPSA) is 49.5 Å². The first-order valence-corrected chi connectivity index (χ1v) is 11.0. The zero-order valence-corrected chi connectivity index (χ0v) is 17.8. The third-order valence-corrected chi connectivity index (χ3v) is 6.31. The number of hydrogen-bond acceptors (Lipinski definition) is 4. The van der Waals surface area contributed by atoms with Gasteiger partial charge in [0.05, 0.1) is 11.6 Å². The molecule has 2 heterocycles. The molecule has 0 radical (unpaired) electrons. The van der Waals surface area contributed by atoms with Crippen LogP contribution in [0.5, 0.6) is 0 Å². The van der Waals surface area contributed by atoms with Crippen LogP contribution >= 0.6 is 0 Å². The van der Waals surface area contributed by atoms with Crippen LogP contribution in [0.4, 0.5) is 0 Å². The molecule has 4 nitrogen and oxygen atoms in total. The average molecular weight is 423 g/mol. The van der Waals surface area contributed by atoms with Gasteiger partial charge < -0.3 is 9.52 Å². The first-order valence-electron chi connectivity index (χ1n) is 11.0. The molecule has 1 unspecified atom stereocenters. The van der Waals surface area contributed by atoms with Crippen LogP contribution in [0.1, 0.15) is 28.8 Å². The lowest BCUT2D eigenvalue weighted by molar-refractivity contribution is 0.0872. The summed E-state index contributed by atoms with van der Waals surface area (Å²) in [5.74, 6) is 0. The maximum Gasteiger partial charge on any atom is 0.181 e. The summed E-state index contributed by atoms with van der Waals surface area (Å²) in [5, 5.41) is 10.8. The van der Waals surface area contributed by atoms with Gasteiger partial charge in [-0.2, -0.15) is 0 Å². The SMILES string of the molecule is OC1CCN(C(c2ccccc2)(c2ccccc2)c2ccccc2)CC1=Cc1cocn1. The van der Waals surface area contributed by atoms with Crippen molar-refractivity contribution in [3.8, 4) is 0 Å². The Bertz CT molecular complexity index is 1060. The Kier molecular flexibility index (Phi) is 5.71. The van der Waals surface area contributed by atoms with Gasteiger partial charge in [-0.15, -0.1) is 0 Å². The number of oxazole rings is 1. The van der Waals surface area contributed by atoms with E-state index in [2.05, 4.69) is 101 Å². The van der Waals surface area contributed by atoms with E-state index in [1.165, 1.54) is 23.1 Å². The molecule has 1 N–H and O–H groups in total. The third-order valence-electron chi connectivity index (χ3n) is 6.31. The molecule has 4 heteroatoms. The van der Waals surface area contributed by atoms with Crippen LogP contribution in [0.15, 0.2) is 114 Å². The molecule has 0 aliphatic carbocycles. The molecule has 0 spiro atoms. The van der Waals surface area contributed by atoms with E-state index in [0.717, 1.165) is 17.8 Å². The number of aliphatic hydroxyl groups excluding tert-OH is 1. The molecule has 1 aliphatic rings. The fourth-order valence-electron chi connectivity index (χ4n) is 4.87. The molecule has 1 saturated heterocycles. The Labute approximate surface area is 188 Å². The molecular formula is C28H26N2O2. The van der Waals surface area contributed by atoms with Gasteiger partial charge in [-0.25, -0.2) is 4.98 Å². The Balaban J connectivity index is 1.71. The van der Waals surface area contributed by atoms with Crippen molar-refractivity contribution in [1.29, 1.82) is 0 Å². The largest absolute Gasteiger partial charge is 0.451 e. The van der Waals surface area contributed by atoms with Gasteiger partial charge in [0.1, 0.15) is 12.0 Å². The Morgan fingerprint density at radius 2 is 1.38 bits per heavy atom. The Morgan fingerprint density at radius 1 is 0.844 bits per heavy atom. The second-order valence-electron chi connectivity index (χ2n) is 8.17. The van der Waals surface area contributed by atoms with Crippen LogP contribution in [0.2, 0.25) is 0 Å². The van der Waals surface area contributed by atoms with Crippen molar-refractivity contribution >= 4 is 6.08 Å². The van der Waals surface area contributed by atoms with Gasteiger partial charge in [0, 0.05) is 13.1 Å². The summed E-state index contributed by atoms with van der Waals surface area (Å²) in [6.07, 6.45) is 5.13. The average Bonchev–Trinajstić information content (AvgIpc) is 3.37. The third kappa shape index (κ3) is 3.68. The fourth-order valence-corrected chi connectivity index (χ4v) is 4.87. The molecule has 0 bridgehead atoms. The smallest absolute Gasteiger partial charge is 0.181 e. The Morgan fingerprint density at radius 3 is 1.84 bits per heavy atom. The van der Waals surface area contributed by atoms with E-state index in [4.69, 9.17) is 4.42 Å². The summed E-state index contributed by atoms with van der Waals surface area (Å²) in [5.41, 5.74) is 4.79. The van der Waals surface area contributed by atoms with Crippen LogP contribution in [0.25, 0.3) is 6.08 Å². The molecule has 5 rings (SSSR count). The van der Waals surface area contributed by atoms with Crippen molar-refractivity contribution in [2.24, 2.45) is 0 Å². The summed E-state index contributed by atoms with van der Waals surface area (Å²) in [4.78, 5) is 6.71. The number of benzene rings is 3. The highest BCUT2D eigenvalue weighted by molar-refractivity contribution is 5.53. The molecule has 1 fully saturated rings. The molecule has 32 heavy (non-hydrogen) atoms. The second-order valence-corrected chi connectivity index (χ2v) is 8.17. The lowest BCUT2D eigenvalue weighted by atomic mass is 9.74. The maximum atomic E-state index is 10.8. The van der Waals surface area contributed by atoms with Gasteiger partial charge in [-0.3, -0.25) is 4.90 Å². The molecule has 0 saturated carbocycles. The number of rotatable bonds is 5. The molecule has 160 valence electrons. The number of hydrogen-bond donors (Lipinski definition) is 1. The zero-order valence-electron chi connectivity index (χ0n) is 17.8. The fraction of sp³-hybridized carbons (Fsp3) is 0.179.